The molecule has 3 nitrogen and oxygen atoms in total. The molecule has 0 radical (unpaired) electrons. The van der Waals surface area contributed by atoms with Crippen molar-refractivity contribution in [3.8, 4) is 0 Å². The molecule has 1 aliphatic rings. The first kappa shape index (κ1) is 9.69. The van der Waals surface area contributed by atoms with Crippen molar-refractivity contribution < 1.29 is 9.53 Å². The van der Waals surface area contributed by atoms with Gasteiger partial charge in [0.2, 0.25) is 0 Å². The Hall–Kier alpha value is -0.400. The highest BCUT2D eigenvalue weighted by molar-refractivity contribution is 7.13. The number of carbonyl (C=O) groups excluding carboxylic acids is 1. The van der Waals surface area contributed by atoms with E-state index in [0.717, 1.165) is 24.8 Å². The molecule has 1 unspecified atom stereocenters. The molecule has 2 atom stereocenters. The Bertz CT molecular complexity index is 203. The number of rotatable bonds is 2. The molecule has 0 heterocycles. The Balaban J connectivity index is 2.70. The van der Waals surface area contributed by atoms with Crippen molar-refractivity contribution in [3.05, 3.63) is 11.6 Å². The Morgan fingerprint density at radius 1 is 1.83 bits per heavy atom. The number of allylic oxidation sites excluding steroid dienone is 1. The molecular formula is C8H14NO2P. The monoisotopic (exact) mass is 187 g/mol. The molecule has 0 aliphatic heterocycles. The molecule has 12 heavy (non-hydrogen) atoms. The fraction of sp³-hybridized carbons (Fsp3) is 0.625. The minimum atomic E-state index is -0.213. The fourth-order valence-corrected chi connectivity index (χ4v) is 1.74. The summed E-state index contributed by atoms with van der Waals surface area (Å²) in [5.74, 6) is -0.213. The third-order valence-corrected chi connectivity index (χ3v) is 2.46. The van der Waals surface area contributed by atoms with Gasteiger partial charge >= 0.3 is 5.97 Å². The van der Waals surface area contributed by atoms with Crippen molar-refractivity contribution in [2.24, 2.45) is 0 Å². The molecule has 1 N–H and O–H groups in total. The van der Waals surface area contributed by atoms with Crippen molar-refractivity contribution in [2.45, 2.75) is 25.3 Å². The number of methoxy groups -OCH3 is 1. The van der Waals surface area contributed by atoms with Gasteiger partial charge < -0.3 is 4.74 Å². The zero-order chi connectivity index (χ0) is 8.97. The average molecular weight is 187 g/mol. The first-order valence-electron chi connectivity index (χ1n) is 4.04. The summed E-state index contributed by atoms with van der Waals surface area (Å²) in [6.07, 6.45) is 5.07. The third-order valence-electron chi connectivity index (χ3n) is 2.06. The maximum absolute atomic E-state index is 11.2. The topological polar surface area (TPSA) is 38.3 Å². The maximum Gasteiger partial charge on any atom is 0.335 e. The smallest absolute Gasteiger partial charge is 0.335 e. The highest BCUT2D eigenvalue weighted by Gasteiger charge is 2.22. The van der Waals surface area contributed by atoms with E-state index in [2.05, 4.69) is 19.2 Å². The van der Waals surface area contributed by atoms with Crippen LogP contribution in [0, 0.1) is 0 Å². The summed E-state index contributed by atoms with van der Waals surface area (Å²) in [6.45, 7) is 0. The summed E-state index contributed by atoms with van der Waals surface area (Å²) in [4.78, 5) is 11.2. The van der Waals surface area contributed by atoms with E-state index in [4.69, 9.17) is 0 Å². The summed E-state index contributed by atoms with van der Waals surface area (Å²) >= 11 is 0. The summed E-state index contributed by atoms with van der Waals surface area (Å²) < 4.78 is 4.67. The lowest BCUT2D eigenvalue weighted by molar-refractivity contribution is -0.136. The van der Waals surface area contributed by atoms with E-state index >= 15 is 0 Å². The van der Waals surface area contributed by atoms with Crippen molar-refractivity contribution in [1.82, 2.24) is 5.09 Å². The Morgan fingerprint density at radius 2 is 2.58 bits per heavy atom. The molecule has 0 bridgehead atoms. The molecular weight excluding hydrogens is 173 g/mol. The standard InChI is InChI=1S/C8H14NO2P/c1-11-8(10)6-4-2-3-5-7(6)9-12/h4,7,9H,2-3,5,12H2,1H3/t7-/m0/s1. The molecule has 4 heteroatoms. The van der Waals surface area contributed by atoms with Crippen LogP contribution in [-0.4, -0.2) is 19.1 Å². The van der Waals surface area contributed by atoms with E-state index in [1.54, 1.807) is 0 Å². The van der Waals surface area contributed by atoms with Crippen molar-refractivity contribution >= 4 is 15.4 Å². The second-order valence-corrected chi connectivity index (χ2v) is 3.13. The highest BCUT2D eigenvalue weighted by atomic mass is 31.0. The first-order chi connectivity index (χ1) is 5.79. The lowest BCUT2D eigenvalue weighted by Crippen LogP contribution is -2.30. The van der Waals surface area contributed by atoms with Crippen LogP contribution in [0.3, 0.4) is 0 Å². The molecule has 1 rings (SSSR count). The van der Waals surface area contributed by atoms with Gasteiger partial charge in [-0.3, -0.25) is 5.09 Å². The second-order valence-electron chi connectivity index (χ2n) is 2.80. The molecule has 0 fully saturated rings. The lowest BCUT2D eigenvalue weighted by atomic mass is 9.95. The van der Waals surface area contributed by atoms with E-state index in [9.17, 15) is 4.79 Å². The van der Waals surface area contributed by atoms with Gasteiger partial charge in [-0.25, -0.2) is 4.79 Å². The van der Waals surface area contributed by atoms with E-state index in [-0.39, 0.29) is 12.0 Å². The molecule has 1 aliphatic carbocycles. The van der Waals surface area contributed by atoms with Crippen LogP contribution in [0.15, 0.2) is 11.6 Å². The zero-order valence-corrected chi connectivity index (χ0v) is 8.32. The zero-order valence-electron chi connectivity index (χ0n) is 7.17. The highest BCUT2D eigenvalue weighted by Crippen LogP contribution is 2.19. The quantitative estimate of drug-likeness (QED) is 0.518. The van der Waals surface area contributed by atoms with Crippen LogP contribution in [-0.2, 0) is 9.53 Å². The second kappa shape index (κ2) is 4.58. The van der Waals surface area contributed by atoms with E-state index in [0.29, 0.717) is 0 Å². The van der Waals surface area contributed by atoms with E-state index in [1.807, 2.05) is 6.08 Å². The van der Waals surface area contributed by atoms with Gasteiger partial charge in [-0.05, 0) is 19.3 Å². The van der Waals surface area contributed by atoms with Crippen molar-refractivity contribution in [3.63, 3.8) is 0 Å². The third kappa shape index (κ3) is 2.05. The molecule has 0 spiro atoms. The average Bonchev–Trinajstić information content (AvgIpc) is 2.16. The molecule has 0 aromatic carbocycles. The van der Waals surface area contributed by atoms with Gasteiger partial charge in [-0.2, -0.15) is 0 Å². The predicted octanol–water partition coefficient (Wildman–Crippen LogP) is 1.02. The van der Waals surface area contributed by atoms with Gasteiger partial charge in [-0.1, -0.05) is 15.5 Å². The van der Waals surface area contributed by atoms with Gasteiger partial charge in [0.1, 0.15) is 0 Å². The summed E-state index contributed by atoms with van der Waals surface area (Å²) in [6, 6.07) is 0.149. The summed E-state index contributed by atoms with van der Waals surface area (Å²) in [5.41, 5.74) is 0.763. The van der Waals surface area contributed by atoms with Gasteiger partial charge in [0.15, 0.2) is 0 Å². The Morgan fingerprint density at radius 3 is 3.17 bits per heavy atom. The van der Waals surface area contributed by atoms with Crippen LogP contribution in [0.1, 0.15) is 19.3 Å². The number of ether oxygens (including phenoxy) is 1. The maximum atomic E-state index is 11.2. The van der Waals surface area contributed by atoms with Gasteiger partial charge in [0.05, 0.1) is 12.7 Å². The molecule has 0 aromatic heterocycles. The number of hydrogen-bond acceptors (Lipinski definition) is 3. The minimum Gasteiger partial charge on any atom is -0.466 e. The predicted molar refractivity (Wildman–Crippen MR) is 50.6 cm³/mol. The summed E-state index contributed by atoms with van der Waals surface area (Å²) in [7, 11) is 3.85. The number of nitrogens with one attached hydrogen (secondary N) is 1. The molecule has 0 saturated carbocycles. The van der Waals surface area contributed by atoms with E-state index in [1.165, 1.54) is 7.11 Å². The van der Waals surface area contributed by atoms with Crippen molar-refractivity contribution in [1.29, 1.82) is 0 Å². The normalized spacial score (nSPS) is 23.2. The number of esters is 1. The Kier molecular flexibility index (Phi) is 3.70. The van der Waals surface area contributed by atoms with Crippen molar-refractivity contribution in [2.75, 3.05) is 7.11 Å². The van der Waals surface area contributed by atoms with Crippen LogP contribution in [0.2, 0.25) is 0 Å². The Labute approximate surface area is 74.8 Å². The SMILES string of the molecule is COC(=O)C1=CCCC[C@@H]1NP. The van der Waals surface area contributed by atoms with Gasteiger partial charge in [0, 0.05) is 6.04 Å². The molecule has 0 aromatic rings. The van der Waals surface area contributed by atoms with Crippen LogP contribution < -0.4 is 5.09 Å². The van der Waals surface area contributed by atoms with Crippen LogP contribution in [0.25, 0.3) is 0 Å². The molecule has 0 saturated heterocycles. The first-order valence-corrected chi connectivity index (χ1v) is 4.62. The van der Waals surface area contributed by atoms with Crippen LogP contribution in [0.5, 0.6) is 0 Å². The summed E-state index contributed by atoms with van der Waals surface area (Å²) in [5, 5.41) is 3.02. The largest absolute Gasteiger partial charge is 0.466 e. The minimum absolute atomic E-state index is 0.149. The van der Waals surface area contributed by atoms with Crippen LogP contribution in [0.4, 0.5) is 0 Å². The number of hydrogen-bond donors (Lipinski definition) is 1. The molecule has 68 valence electrons. The van der Waals surface area contributed by atoms with E-state index < -0.39 is 0 Å². The lowest BCUT2D eigenvalue weighted by Gasteiger charge is -2.21. The van der Waals surface area contributed by atoms with Gasteiger partial charge in [0.25, 0.3) is 0 Å². The number of carbonyl (C=O) groups is 1. The van der Waals surface area contributed by atoms with Gasteiger partial charge in [-0.15, -0.1) is 0 Å². The fourth-order valence-electron chi connectivity index (χ4n) is 1.39. The van der Waals surface area contributed by atoms with Crippen LogP contribution >= 0.6 is 9.39 Å². The molecule has 0 amide bonds.